The van der Waals surface area contributed by atoms with Gasteiger partial charge in [0, 0.05) is 29.4 Å². The molecule has 1 heterocycles. The number of hydrogen-bond acceptors (Lipinski definition) is 3. The van der Waals surface area contributed by atoms with Crippen molar-refractivity contribution in [2.24, 2.45) is 0 Å². The molecule has 3 nitrogen and oxygen atoms in total. The molecule has 1 amide bonds. The first-order valence-electron chi connectivity index (χ1n) is 9.04. The second-order valence-electron chi connectivity index (χ2n) is 6.59. The van der Waals surface area contributed by atoms with Gasteiger partial charge in [-0.3, -0.25) is 4.79 Å². The maximum Gasteiger partial charge on any atom is 0.234 e. The van der Waals surface area contributed by atoms with Gasteiger partial charge in [0.05, 0.1) is 5.75 Å². The average Bonchev–Trinajstić information content (AvgIpc) is 3.21. The third-order valence-corrected chi connectivity index (χ3v) is 5.69. The molecule has 1 N–H and O–H groups in total. The summed E-state index contributed by atoms with van der Waals surface area (Å²) >= 11 is 1.57. The van der Waals surface area contributed by atoms with Gasteiger partial charge in [-0.2, -0.15) is 0 Å². The van der Waals surface area contributed by atoms with Crippen molar-refractivity contribution in [2.75, 3.05) is 29.1 Å². The predicted molar refractivity (Wildman–Crippen MR) is 111 cm³/mol. The fraction of sp³-hybridized carbons (Fsp3) is 0.227. The molecule has 0 radical (unpaired) electrons. The van der Waals surface area contributed by atoms with Gasteiger partial charge in [0.25, 0.3) is 0 Å². The Kier molecular flexibility index (Phi) is 5.12. The molecule has 0 unspecified atom stereocenters. The Morgan fingerprint density at radius 1 is 0.923 bits per heavy atom. The van der Waals surface area contributed by atoms with E-state index in [0.29, 0.717) is 5.75 Å². The van der Waals surface area contributed by atoms with E-state index in [1.165, 1.54) is 29.3 Å². The van der Waals surface area contributed by atoms with Gasteiger partial charge in [0.2, 0.25) is 5.91 Å². The lowest BCUT2D eigenvalue weighted by atomic mass is 10.1. The topological polar surface area (TPSA) is 32.3 Å². The van der Waals surface area contributed by atoms with Crippen molar-refractivity contribution in [3.63, 3.8) is 0 Å². The second kappa shape index (κ2) is 7.83. The van der Waals surface area contributed by atoms with Crippen molar-refractivity contribution >= 4 is 39.8 Å². The van der Waals surface area contributed by atoms with E-state index in [2.05, 4.69) is 52.7 Å². The summed E-state index contributed by atoms with van der Waals surface area (Å²) in [5.74, 6) is 0.438. The zero-order valence-corrected chi connectivity index (χ0v) is 15.5. The molecule has 4 heteroatoms. The molecular weight excluding hydrogens is 340 g/mol. The van der Waals surface area contributed by atoms with Gasteiger partial charge in [0.1, 0.15) is 0 Å². The molecular formula is C22H22N2OS. The number of carbonyl (C=O) groups is 1. The highest BCUT2D eigenvalue weighted by atomic mass is 32.2. The van der Waals surface area contributed by atoms with Gasteiger partial charge >= 0.3 is 0 Å². The predicted octanol–water partition coefficient (Wildman–Crippen LogP) is 5.17. The quantitative estimate of drug-likeness (QED) is 0.636. The molecule has 0 aliphatic carbocycles. The van der Waals surface area contributed by atoms with Crippen LogP contribution in [0.4, 0.5) is 11.4 Å². The Labute approximate surface area is 158 Å². The lowest BCUT2D eigenvalue weighted by molar-refractivity contribution is -0.113. The van der Waals surface area contributed by atoms with Gasteiger partial charge < -0.3 is 10.2 Å². The van der Waals surface area contributed by atoms with Gasteiger partial charge in [-0.25, -0.2) is 0 Å². The molecule has 0 atom stereocenters. The van der Waals surface area contributed by atoms with E-state index in [9.17, 15) is 4.79 Å². The smallest absolute Gasteiger partial charge is 0.234 e. The van der Waals surface area contributed by atoms with Gasteiger partial charge in [-0.15, -0.1) is 11.8 Å². The van der Waals surface area contributed by atoms with E-state index in [1.54, 1.807) is 11.8 Å². The molecule has 0 spiro atoms. The monoisotopic (exact) mass is 362 g/mol. The molecule has 132 valence electrons. The van der Waals surface area contributed by atoms with Crippen molar-refractivity contribution in [2.45, 2.75) is 17.7 Å². The molecule has 26 heavy (non-hydrogen) atoms. The van der Waals surface area contributed by atoms with Crippen LogP contribution in [0.15, 0.2) is 71.6 Å². The van der Waals surface area contributed by atoms with Crippen LogP contribution in [0.25, 0.3) is 10.8 Å². The van der Waals surface area contributed by atoms with E-state index in [4.69, 9.17) is 0 Å². The van der Waals surface area contributed by atoms with Crippen LogP contribution >= 0.6 is 11.8 Å². The van der Waals surface area contributed by atoms with E-state index in [1.807, 2.05) is 24.3 Å². The summed E-state index contributed by atoms with van der Waals surface area (Å²) in [6, 6.07) is 22.8. The first kappa shape index (κ1) is 17.0. The Balaban J connectivity index is 1.36. The fourth-order valence-electron chi connectivity index (χ4n) is 3.36. The standard InChI is InChI=1S/C22H22N2OS/c25-22(16-26-21-11-10-17-6-1-2-7-18(17)14-21)23-19-8-5-9-20(15-19)24-12-3-4-13-24/h1-2,5-11,14-15H,3-4,12-13,16H2,(H,23,25). The van der Waals surface area contributed by atoms with E-state index < -0.39 is 0 Å². The SMILES string of the molecule is O=C(CSc1ccc2ccccc2c1)Nc1cccc(N2CCCC2)c1. The maximum atomic E-state index is 12.3. The number of thioether (sulfide) groups is 1. The van der Waals surface area contributed by atoms with Crippen molar-refractivity contribution in [3.05, 3.63) is 66.7 Å². The van der Waals surface area contributed by atoms with Crippen LogP contribution in [0.5, 0.6) is 0 Å². The van der Waals surface area contributed by atoms with Crippen LogP contribution in [0.2, 0.25) is 0 Å². The second-order valence-corrected chi connectivity index (χ2v) is 7.64. The third kappa shape index (κ3) is 4.02. The number of carbonyl (C=O) groups excluding carboxylic acids is 1. The first-order valence-corrected chi connectivity index (χ1v) is 10.0. The average molecular weight is 362 g/mol. The van der Waals surface area contributed by atoms with Crippen LogP contribution < -0.4 is 10.2 Å². The number of benzene rings is 3. The number of nitrogens with zero attached hydrogens (tertiary/aromatic N) is 1. The number of hydrogen-bond donors (Lipinski definition) is 1. The van der Waals surface area contributed by atoms with Crippen LogP contribution in [0.1, 0.15) is 12.8 Å². The van der Waals surface area contributed by atoms with E-state index in [-0.39, 0.29) is 5.91 Å². The Morgan fingerprint density at radius 3 is 2.58 bits per heavy atom. The number of fused-ring (bicyclic) bond motifs is 1. The molecule has 1 saturated heterocycles. The molecule has 3 aromatic rings. The lowest BCUT2D eigenvalue weighted by Gasteiger charge is -2.18. The van der Waals surface area contributed by atoms with Crippen molar-refractivity contribution in [1.29, 1.82) is 0 Å². The van der Waals surface area contributed by atoms with Crippen LogP contribution in [0.3, 0.4) is 0 Å². The molecule has 1 fully saturated rings. The first-order chi connectivity index (χ1) is 12.8. The van der Waals surface area contributed by atoms with Gasteiger partial charge in [-0.1, -0.05) is 36.4 Å². The Bertz CT molecular complexity index is 919. The minimum Gasteiger partial charge on any atom is -0.371 e. The number of amides is 1. The summed E-state index contributed by atoms with van der Waals surface area (Å²) in [4.78, 5) is 15.8. The largest absolute Gasteiger partial charge is 0.371 e. The van der Waals surface area contributed by atoms with Crippen LogP contribution in [-0.4, -0.2) is 24.7 Å². The third-order valence-electron chi connectivity index (χ3n) is 4.69. The fourth-order valence-corrected chi connectivity index (χ4v) is 4.10. The van der Waals surface area contributed by atoms with E-state index in [0.717, 1.165) is 23.7 Å². The zero-order valence-electron chi connectivity index (χ0n) is 14.7. The van der Waals surface area contributed by atoms with Gasteiger partial charge in [0.15, 0.2) is 0 Å². The van der Waals surface area contributed by atoms with Crippen molar-refractivity contribution in [3.8, 4) is 0 Å². The summed E-state index contributed by atoms with van der Waals surface area (Å²) in [5.41, 5.74) is 2.07. The minimum atomic E-state index is 0.0294. The number of nitrogens with one attached hydrogen (secondary N) is 1. The highest BCUT2D eigenvalue weighted by molar-refractivity contribution is 8.00. The summed E-state index contributed by atoms with van der Waals surface area (Å²) in [6.45, 7) is 2.21. The molecule has 4 rings (SSSR count). The minimum absolute atomic E-state index is 0.0294. The molecule has 3 aromatic carbocycles. The van der Waals surface area contributed by atoms with Crippen molar-refractivity contribution in [1.82, 2.24) is 0 Å². The molecule has 0 aromatic heterocycles. The molecule has 0 bridgehead atoms. The normalized spacial score (nSPS) is 13.9. The summed E-state index contributed by atoms with van der Waals surface area (Å²) in [6.07, 6.45) is 2.50. The summed E-state index contributed by atoms with van der Waals surface area (Å²) in [7, 11) is 0. The van der Waals surface area contributed by atoms with Crippen LogP contribution in [-0.2, 0) is 4.79 Å². The molecule has 1 aliphatic rings. The summed E-state index contributed by atoms with van der Waals surface area (Å²) < 4.78 is 0. The van der Waals surface area contributed by atoms with Gasteiger partial charge in [-0.05, 0) is 53.9 Å². The Morgan fingerprint density at radius 2 is 1.73 bits per heavy atom. The number of rotatable bonds is 5. The summed E-state index contributed by atoms with van der Waals surface area (Å²) in [5, 5.41) is 5.45. The number of anilines is 2. The maximum absolute atomic E-state index is 12.3. The van der Waals surface area contributed by atoms with Crippen LogP contribution in [0, 0.1) is 0 Å². The highest BCUT2D eigenvalue weighted by Gasteiger charge is 2.13. The van der Waals surface area contributed by atoms with Crippen molar-refractivity contribution < 1.29 is 4.79 Å². The molecule has 1 aliphatic heterocycles. The molecule has 0 saturated carbocycles. The Hall–Kier alpha value is -2.46. The lowest BCUT2D eigenvalue weighted by Crippen LogP contribution is -2.18. The highest BCUT2D eigenvalue weighted by Crippen LogP contribution is 2.25. The van der Waals surface area contributed by atoms with E-state index >= 15 is 0 Å². The zero-order chi connectivity index (χ0) is 17.8.